The SMILES string of the molecule is CCCn1c(-c2nc[nH]c2C(=O)O)nc2ccc(Cl)cc21. The Bertz CT molecular complexity index is 822. The fraction of sp³-hybridized carbons (Fsp3) is 0.214. The van der Waals surface area contributed by atoms with E-state index < -0.39 is 5.97 Å². The minimum atomic E-state index is -1.06. The minimum Gasteiger partial charge on any atom is -0.477 e. The first-order chi connectivity index (χ1) is 10.1. The Labute approximate surface area is 125 Å². The quantitative estimate of drug-likeness (QED) is 0.775. The molecule has 7 heteroatoms. The number of aromatic amines is 1. The minimum absolute atomic E-state index is 0.0359. The van der Waals surface area contributed by atoms with Crippen LogP contribution in [0.15, 0.2) is 24.5 Å². The first-order valence-corrected chi connectivity index (χ1v) is 6.92. The van der Waals surface area contributed by atoms with Gasteiger partial charge >= 0.3 is 5.97 Å². The van der Waals surface area contributed by atoms with E-state index in [0.717, 1.165) is 17.5 Å². The van der Waals surface area contributed by atoms with Gasteiger partial charge in [-0.25, -0.2) is 14.8 Å². The van der Waals surface area contributed by atoms with Gasteiger partial charge in [0.05, 0.1) is 17.4 Å². The zero-order valence-electron chi connectivity index (χ0n) is 11.3. The number of nitrogens with zero attached hydrogens (tertiary/aromatic N) is 3. The molecule has 0 radical (unpaired) electrons. The van der Waals surface area contributed by atoms with E-state index >= 15 is 0 Å². The highest BCUT2D eigenvalue weighted by Crippen LogP contribution is 2.27. The number of carboxylic acids is 1. The maximum Gasteiger partial charge on any atom is 0.354 e. The first-order valence-electron chi connectivity index (χ1n) is 6.54. The van der Waals surface area contributed by atoms with E-state index in [2.05, 4.69) is 15.0 Å². The van der Waals surface area contributed by atoms with Crippen LogP contribution in [0.3, 0.4) is 0 Å². The summed E-state index contributed by atoms with van der Waals surface area (Å²) in [6, 6.07) is 5.41. The lowest BCUT2D eigenvalue weighted by molar-refractivity contribution is 0.0692. The Balaban J connectivity index is 2.28. The second kappa shape index (κ2) is 5.21. The van der Waals surface area contributed by atoms with Crippen LogP contribution in [0.25, 0.3) is 22.6 Å². The van der Waals surface area contributed by atoms with Crippen molar-refractivity contribution in [3.8, 4) is 11.5 Å². The molecule has 0 atom stereocenters. The molecule has 3 aromatic rings. The molecule has 0 aliphatic rings. The third-order valence-electron chi connectivity index (χ3n) is 3.22. The van der Waals surface area contributed by atoms with Crippen LogP contribution >= 0.6 is 11.6 Å². The summed E-state index contributed by atoms with van der Waals surface area (Å²) in [5.41, 5.74) is 2.01. The number of carbonyl (C=O) groups is 1. The highest BCUT2D eigenvalue weighted by atomic mass is 35.5. The number of H-pyrrole nitrogens is 1. The summed E-state index contributed by atoms with van der Waals surface area (Å²) in [5.74, 6) is -0.525. The number of rotatable bonds is 4. The number of hydrogen-bond donors (Lipinski definition) is 2. The van der Waals surface area contributed by atoms with Crippen molar-refractivity contribution < 1.29 is 9.90 Å². The lowest BCUT2D eigenvalue weighted by atomic mass is 10.3. The lowest BCUT2D eigenvalue weighted by Gasteiger charge is -2.06. The summed E-state index contributed by atoms with van der Waals surface area (Å²) in [7, 11) is 0. The Morgan fingerprint density at radius 1 is 1.48 bits per heavy atom. The zero-order valence-corrected chi connectivity index (χ0v) is 12.1. The van der Waals surface area contributed by atoms with E-state index in [1.807, 2.05) is 23.6 Å². The summed E-state index contributed by atoms with van der Waals surface area (Å²) >= 11 is 6.05. The van der Waals surface area contributed by atoms with Gasteiger partial charge in [-0.1, -0.05) is 18.5 Å². The highest BCUT2D eigenvalue weighted by molar-refractivity contribution is 6.31. The molecule has 1 aromatic carbocycles. The molecule has 0 amide bonds. The van der Waals surface area contributed by atoms with Gasteiger partial charge < -0.3 is 14.7 Å². The number of nitrogens with one attached hydrogen (secondary N) is 1. The Hall–Kier alpha value is -2.34. The van der Waals surface area contributed by atoms with Gasteiger partial charge in [-0.3, -0.25) is 0 Å². The molecular weight excluding hydrogens is 292 g/mol. The summed E-state index contributed by atoms with van der Waals surface area (Å²) < 4.78 is 1.95. The number of benzene rings is 1. The van der Waals surface area contributed by atoms with E-state index in [4.69, 9.17) is 11.6 Å². The van der Waals surface area contributed by atoms with Crippen LogP contribution in [0.5, 0.6) is 0 Å². The maximum atomic E-state index is 11.3. The van der Waals surface area contributed by atoms with Crippen LogP contribution in [-0.4, -0.2) is 30.6 Å². The second-order valence-electron chi connectivity index (χ2n) is 4.65. The number of hydrogen-bond acceptors (Lipinski definition) is 3. The van der Waals surface area contributed by atoms with Gasteiger partial charge in [0.15, 0.2) is 11.5 Å². The number of imidazole rings is 2. The van der Waals surface area contributed by atoms with Crippen molar-refractivity contribution in [3.05, 3.63) is 35.2 Å². The monoisotopic (exact) mass is 304 g/mol. The number of fused-ring (bicyclic) bond motifs is 1. The second-order valence-corrected chi connectivity index (χ2v) is 5.09. The molecule has 0 spiro atoms. The zero-order chi connectivity index (χ0) is 15.0. The van der Waals surface area contributed by atoms with Crippen molar-refractivity contribution in [1.82, 2.24) is 19.5 Å². The van der Waals surface area contributed by atoms with Crippen molar-refractivity contribution in [2.24, 2.45) is 0 Å². The lowest BCUT2D eigenvalue weighted by Crippen LogP contribution is -2.05. The van der Waals surface area contributed by atoms with Crippen LogP contribution in [0, 0.1) is 0 Å². The first kappa shape index (κ1) is 13.6. The fourth-order valence-corrected chi connectivity index (χ4v) is 2.52. The van der Waals surface area contributed by atoms with Gasteiger partial charge in [-0.15, -0.1) is 0 Å². The molecule has 0 saturated heterocycles. The van der Waals surface area contributed by atoms with E-state index in [1.54, 1.807) is 6.07 Å². The number of aryl methyl sites for hydroxylation is 1. The van der Waals surface area contributed by atoms with Crippen molar-refractivity contribution in [2.75, 3.05) is 0 Å². The molecule has 0 bridgehead atoms. The Morgan fingerprint density at radius 3 is 3.00 bits per heavy atom. The fourth-order valence-electron chi connectivity index (χ4n) is 2.35. The molecule has 0 fully saturated rings. The van der Waals surface area contributed by atoms with E-state index in [1.165, 1.54) is 6.33 Å². The summed E-state index contributed by atoms with van der Waals surface area (Å²) in [6.45, 7) is 2.75. The molecule has 2 aromatic heterocycles. The smallest absolute Gasteiger partial charge is 0.354 e. The van der Waals surface area contributed by atoms with Gasteiger partial charge in [0.2, 0.25) is 0 Å². The number of halogens is 1. The van der Waals surface area contributed by atoms with Crippen LogP contribution in [0.2, 0.25) is 5.02 Å². The van der Waals surface area contributed by atoms with Gasteiger partial charge in [0.1, 0.15) is 5.69 Å². The maximum absolute atomic E-state index is 11.3. The predicted octanol–water partition coefficient (Wildman–Crippen LogP) is 3.19. The third-order valence-corrected chi connectivity index (χ3v) is 3.46. The largest absolute Gasteiger partial charge is 0.477 e. The average Bonchev–Trinajstić information content (AvgIpc) is 3.04. The normalized spacial score (nSPS) is 11.1. The topological polar surface area (TPSA) is 83.8 Å². The van der Waals surface area contributed by atoms with Gasteiger partial charge in [0, 0.05) is 11.6 Å². The third kappa shape index (κ3) is 2.27. The van der Waals surface area contributed by atoms with Crippen LogP contribution in [-0.2, 0) is 6.54 Å². The van der Waals surface area contributed by atoms with Gasteiger partial charge in [-0.05, 0) is 24.6 Å². The summed E-state index contributed by atoms with van der Waals surface area (Å²) in [6.07, 6.45) is 2.25. The molecule has 0 aliphatic heterocycles. The molecule has 2 heterocycles. The van der Waals surface area contributed by atoms with E-state index in [0.29, 0.717) is 23.1 Å². The molecule has 6 nitrogen and oxygen atoms in total. The summed E-state index contributed by atoms with van der Waals surface area (Å²) in [5, 5.41) is 9.84. The van der Waals surface area contributed by atoms with Crippen LogP contribution < -0.4 is 0 Å². The van der Waals surface area contributed by atoms with Crippen molar-refractivity contribution in [3.63, 3.8) is 0 Å². The number of carboxylic acid groups (broad SMARTS) is 1. The molecule has 3 rings (SSSR count). The van der Waals surface area contributed by atoms with E-state index in [9.17, 15) is 9.90 Å². The predicted molar refractivity (Wildman–Crippen MR) is 79.6 cm³/mol. The summed E-state index contributed by atoms with van der Waals surface area (Å²) in [4.78, 5) is 22.5. The van der Waals surface area contributed by atoms with Crippen molar-refractivity contribution >= 4 is 28.6 Å². The number of aromatic carboxylic acids is 1. The molecule has 0 aliphatic carbocycles. The van der Waals surface area contributed by atoms with Crippen LogP contribution in [0.1, 0.15) is 23.8 Å². The number of aromatic nitrogens is 4. The molecular formula is C14H13ClN4O2. The van der Waals surface area contributed by atoms with Gasteiger partial charge in [-0.2, -0.15) is 0 Å². The standard InChI is InChI=1S/C14H13ClN4O2/c1-2-5-19-10-6-8(15)3-4-9(10)18-13(19)11-12(14(20)21)17-7-16-11/h3-4,6-7H,2,5H2,1H3,(H,16,17)(H,20,21). The van der Waals surface area contributed by atoms with Gasteiger partial charge in [0.25, 0.3) is 0 Å². The highest BCUT2D eigenvalue weighted by Gasteiger charge is 2.21. The Morgan fingerprint density at radius 2 is 2.29 bits per heavy atom. The molecule has 0 saturated carbocycles. The molecule has 21 heavy (non-hydrogen) atoms. The molecule has 0 unspecified atom stereocenters. The van der Waals surface area contributed by atoms with Crippen molar-refractivity contribution in [2.45, 2.75) is 19.9 Å². The van der Waals surface area contributed by atoms with E-state index in [-0.39, 0.29) is 5.69 Å². The average molecular weight is 305 g/mol. The molecule has 108 valence electrons. The Kier molecular flexibility index (Phi) is 3.39. The molecule has 2 N–H and O–H groups in total. The van der Waals surface area contributed by atoms with Crippen molar-refractivity contribution in [1.29, 1.82) is 0 Å². The van der Waals surface area contributed by atoms with Crippen LogP contribution in [0.4, 0.5) is 0 Å².